The fourth-order valence-corrected chi connectivity index (χ4v) is 1.58. The highest BCUT2D eigenvalue weighted by Crippen LogP contribution is 2.23. The van der Waals surface area contributed by atoms with E-state index in [-0.39, 0.29) is 5.56 Å². The Morgan fingerprint density at radius 3 is 2.54 bits per heavy atom. The average molecular weight is 208 g/mol. The number of alkyl halides is 3. The number of rotatable bonds is 2. The summed E-state index contributed by atoms with van der Waals surface area (Å²) in [5.41, 5.74) is 0.153. The lowest BCUT2D eigenvalue weighted by Crippen LogP contribution is -2.14. The molecule has 0 aromatic carbocycles. The van der Waals surface area contributed by atoms with Crippen LogP contribution < -0.4 is 0 Å². The number of aryl methyl sites for hydroxylation is 1. The van der Waals surface area contributed by atoms with Crippen molar-refractivity contribution in [3.05, 3.63) is 21.9 Å². The van der Waals surface area contributed by atoms with Gasteiger partial charge in [0.2, 0.25) is 0 Å². The van der Waals surface area contributed by atoms with Crippen molar-refractivity contribution in [1.82, 2.24) is 0 Å². The van der Waals surface area contributed by atoms with Crippen LogP contribution in [0, 0.1) is 6.92 Å². The molecule has 72 valence electrons. The highest BCUT2D eigenvalue weighted by molar-refractivity contribution is 7.10. The molecule has 0 saturated heterocycles. The maximum atomic E-state index is 11.8. The zero-order valence-corrected chi connectivity index (χ0v) is 7.63. The molecule has 0 atom stereocenters. The van der Waals surface area contributed by atoms with Gasteiger partial charge in [0.05, 0.1) is 0 Å². The summed E-state index contributed by atoms with van der Waals surface area (Å²) in [5.74, 6) is -0.864. The Morgan fingerprint density at radius 1 is 1.54 bits per heavy atom. The van der Waals surface area contributed by atoms with Crippen molar-refractivity contribution >= 4 is 17.1 Å². The van der Waals surface area contributed by atoms with Crippen LogP contribution in [0.2, 0.25) is 0 Å². The maximum Gasteiger partial charge on any atom is 0.396 e. The van der Waals surface area contributed by atoms with Crippen molar-refractivity contribution in [3.63, 3.8) is 0 Å². The fraction of sp³-hybridized carbons (Fsp3) is 0.375. The number of ketones is 1. The summed E-state index contributed by atoms with van der Waals surface area (Å²) in [5, 5.41) is 1.45. The van der Waals surface area contributed by atoms with Gasteiger partial charge in [0, 0.05) is 15.8 Å². The van der Waals surface area contributed by atoms with Gasteiger partial charge in [-0.15, -0.1) is 11.3 Å². The van der Waals surface area contributed by atoms with Crippen molar-refractivity contribution in [3.8, 4) is 0 Å². The molecule has 0 aliphatic carbocycles. The van der Waals surface area contributed by atoms with Gasteiger partial charge in [0.25, 0.3) is 0 Å². The SMILES string of the molecule is Cc1cc(C(=O)CC(F)(F)F)cs1. The van der Waals surface area contributed by atoms with Crippen LogP contribution in [0.1, 0.15) is 21.7 Å². The largest absolute Gasteiger partial charge is 0.396 e. The zero-order valence-electron chi connectivity index (χ0n) is 6.81. The second-order valence-electron chi connectivity index (χ2n) is 2.66. The van der Waals surface area contributed by atoms with Crippen LogP contribution in [0.25, 0.3) is 0 Å². The Kier molecular flexibility index (Phi) is 2.75. The molecular formula is C8H7F3OS. The molecule has 0 aliphatic heterocycles. The number of carbonyl (C=O) groups excluding carboxylic acids is 1. The second kappa shape index (κ2) is 3.49. The summed E-state index contributed by atoms with van der Waals surface area (Å²) in [4.78, 5) is 11.8. The van der Waals surface area contributed by atoms with E-state index in [1.165, 1.54) is 22.8 Å². The van der Waals surface area contributed by atoms with E-state index in [1.54, 1.807) is 6.92 Å². The number of halogens is 3. The lowest BCUT2D eigenvalue weighted by Gasteiger charge is -2.02. The Balaban J connectivity index is 2.70. The van der Waals surface area contributed by atoms with Gasteiger partial charge in [-0.3, -0.25) is 4.79 Å². The monoisotopic (exact) mass is 208 g/mol. The molecule has 1 aromatic rings. The minimum atomic E-state index is -4.41. The molecule has 0 amide bonds. The molecule has 13 heavy (non-hydrogen) atoms. The molecule has 0 fully saturated rings. The molecule has 0 bridgehead atoms. The average Bonchev–Trinajstić information content (AvgIpc) is 2.31. The number of hydrogen-bond acceptors (Lipinski definition) is 2. The minimum absolute atomic E-state index is 0.153. The van der Waals surface area contributed by atoms with E-state index in [2.05, 4.69) is 0 Å². The van der Waals surface area contributed by atoms with E-state index in [1.807, 2.05) is 0 Å². The Labute approximate surface area is 77.2 Å². The van der Waals surface area contributed by atoms with E-state index in [0.717, 1.165) is 4.88 Å². The lowest BCUT2D eigenvalue weighted by molar-refractivity contribution is -0.125. The number of carbonyl (C=O) groups is 1. The number of hydrogen-bond donors (Lipinski definition) is 0. The second-order valence-corrected chi connectivity index (χ2v) is 3.78. The van der Waals surface area contributed by atoms with Crippen molar-refractivity contribution in [2.45, 2.75) is 19.5 Å². The topological polar surface area (TPSA) is 17.1 Å². The number of thiophene rings is 1. The van der Waals surface area contributed by atoms with Crippen LogP contribution in [0.15, 0.2) is 11.4 Å². The van der Waals surface area contributed by atoms with Gasteiger partial charge in [-0.25, -0.2) is 0 Å². The molecule has 1 nitrogen and oxygen atoms in total. The van der Waals surface area contributed by atoms with Crippen LogP contribution in [0.5, 0.6) is 0 Å². The highest BCUT2D eigenvalue weighted by Gasteiger charge is 2.31. The lowest BCUT2D eigenvalue weighted by atomic mass is 10.1. The van der Waals surface area contributed by atoms with Gasteiger partial charge in [0.15, 0.2) is 5.78 Å². The summed E-state index contributed by atoms with van der Waals surface area (Å²) in [6.07, 6.45) is -5.78. The molecule has 0 aliphatic rings. The van der Waals surface area contributed by atoms with Crippen LogP contribution in [0.3, 0.4) is 0 Å². The first-order valence-electron chi connectivity index (χ1n) is 3.53. The molecule has 1 rings (SSSR count). The number of Topliss-reactive ketones (excluding diaryl/α,β-unsaturated/α-hetero) is 1. The van der Waals surface area contributed by atoms with E-state index >= 15 is 0 Å². The third-order valence-corrected chi connectivity index (χ3v) is 2.27. The van der Waals surface area contributed by atoms with Crippen LogP contribution in [0.4, 0.5) is 13.2 Å². The van der Waals surface area contributed by atoms with E-state index in [4.69, 9.17) is 0 Å². The van der Waals surface area contributed by atoms with Gasteiger partial charge in [-0.1, -0.05) is 0 Å². The van der Waals surface area contributed by atoms with Crippen molar-refractivity contribution in [1.29, 1.82) is 0 Å². The third kappa shape index (κ3) is 3.18. The molecular weight excluding hydrogens is 201 g/mol. The molecule has 1 heterocycles. The minimum Gasteiger partial charge on any atom is -0.294 e. The predicted molar refractivity (Wildman–Crippen MR) is 44.1 cm³/mol. The van der Waals surface area contributed by atoms with Gasteiger partial charge in [-0.05, 0) is 13.0 Å². The Bertz CT molecular complexity index is 313. The normalized spacial score (nSPS) is 11.7. The van der Waals surface area contributed by atoms with E-state index in [9.17, 15) is 18.0 Å². The summed E-state index contributed by atoms with van der Waals surface area (Å²) >= 11 is 1.27. The highest BCUT2D eigenvalue weighted by atomic mass is 32.1. The maximum absolute atomic E-state index is 11.8. The summed E-state index contributed by atoms with van der Waals surface area (Å²) in [6.45, 7) is 1.75. The first-order valence-corrected chi connectivity index (χ1v) is 4.41. The van der Waals surface area contributed by atoms with E-state index < -0.39 is 18.4 Å². The molecule has 0 spiro atoms. The summed E-state index contributed by atoms with van der Waals surface area (Å²) < 4.78 is 35.3. The molecule has 1 aromatic heterocycles. The summed E-state index contributed by atoms with van der Waals surface area (Å²) in [6, 6.07) is 1.47. The first kappa shape index (κ1) is 10.2. The Morgan fingerprint density at radius 2 is 2.15 bits per heavy atom. The molecule has 0 radical (unpaired) electrons. The van der Waals surface area contributed by atoms with Crippen LogP contribution in [-0.2, 0) is 0 Å². The standard InChI is InChI=1S/C8H7F3OS/c1-5-2-6(4-13-5)7(12)3-8(9,10)11/h2,4H,3H2,1H3. The quantitative estimate of drug-likeness (QED) is 0.682. The smallest absolute Gasteiger partial charge is 0.294 e. The Hall–Kier alpha value is -0.840. The molecule has 0 unspecified atom stereocenters. The van der Waals surface area contributed by atoms with Crippen LogP contribution >= 0.6 is 11.3 Å². The predicted octanol–water partition coefficient (Wildman–Crippen LogP) is 3.19. The van der Waals surface area contributed by atoms with Crippen molar-refractivity contribution in [2.75, 3.05) is 0 Å². The van der Waals surface area contributed by atoms with Gasteiger partial charge >= 0.3 is 6.18 Å². The molecule has 5 heteroatoms. The molecule has 0 saturated carbocycles. The van der Waals surface area contributed by atoms with Gasteiger partial charge < -0.3 is 0 Å². The van der Waals surface area contributed by atoms with Gasteiger partial charge in [0.1, 0.15) is 6.42 Å². The molecule has 0 N–H and O–H groups in total. The zero-order chi connectivity index (χ0) is 10.1. The summed E-state index contributed by atoms with van der Waals surface area (Å²) in [7, 11) is 0. The van der Waals surface area contributed by atoms with Gasteiger partial charge in [-0.2, -0.15) is 13.2 Å². The van der Waals surface area contributed by atoms with Crippen molar-refractivity contribution < 1.29 is 18.0 Å². The third-order valence-electron chi connectivity index (χ3n) is 1.41. The first-order chi connectivity index (χ1) is 5.88. The van der Waals surface area contributed by atoms with Crippen molar-refractivity contribution in [2.24, 2.45) is 0 Å². The van der Waals surface area contributed by atoms with E-state index in [0.29, 0.717) is 0 Å². The fourth-order valence-electron chi connectivity index (χ4n) is 0.874. The van der Waals surface area contributed by atoms with Crippen LogP contribution in [-0.4, -0.2) is 12.0 Å².